The molecule has 0 saturated carbocycles. The molecular formula is C13H18ClNO. The summed E-state index contributed by atoms with van der Waals surface area (Å²) < 4.78 is 5.49. The van der Waals surface area contributed by atoms with E-state index in [1.165, 1.54) is 11.1 Å². The molecule has 0 N–H and O–H groups in total. The molecular weight excluding hydrogens is 222 g/mol. The first-order valence-electron chi connectivity index (χ1n) is 5.78. The number of nitrogens with zero attached hydrogens (tertiary/aromatic N) is 1. The van der Waals surface area contributed by atoms with Crippen molar-refractivity contribution < 1.29 is 4.74 Å². The fourth-order valence-electron chi connectivity index (χ4n) is 2.06. The lowest BCUT2D eigenvalue weighted by atomic mass is 10.1. The van der Waals surface area contributed by atoms with Crippen LogP contribution in [0.15, 0.2) is 18.2 Å². The van der Waals surface area contributed by atoms with Crippen LogP contribution in [0.5, 0.6) is 5.75 Å². The minimum absolute atomic E-state index is 0.738. The number of rotatable bonds is 5. The number of hydrogen-bond acceptors (Lipinski definition) is 2. The average molecular weight is 240 g/mol. The van der Waals surface area contributed by atoms with Crippen LogP contribution in [0, 0.1) is 0 Å². The van der Waals surface area contributed by atoms with Gasteiger partial charge in [-0.1, -0.05) is 12.1 Å². The second-order valence-corrected chi connectivity index (χ2v) is 4.70. The Bertz CT molecular complexity index is 354. The van der Waals surface area contributed by atoms with Crippen molar-refractivity contribution >= 4 is 11.6 Å². The van der Waals surface area contributed by atoms with Gasteiger partial charge in [0.2, 0.25) is 0 Å². The molecule has 1 aliphatic heterocycles. The smallest absolute Gasteiger partial charge is 0.122 e. The first kappa shape index (κ1) is 11.7. The molecule has 16 heavy (non-hydrogen) atoms. The van der Waals surface area contributed by atoms with Gasteiger partial charge in [0.1, 0.15) is 5.75 Å². The van der Waals surface area contributed by atoms with Crippen LogP contribution in [-0.2, 0) is 13.0 Å². The Morgan fingerprint density at radius 3 is 3.12 bits per heavy atom. The molecule has 0 radical (unpaired) electrons. The van der Waals surface area contributed by atoms with E-state index in [-0.39, 0.29) is 0 Å². The molecule has 1 aromatic carbocycles. The number of benzene rings is 1. The molecule has 1 heterocycles. The predicted octanol–water partition coefficient (Wildman–Crippen LogP) is 2.68. The van der Waals surface area contributed by atoms with Crippen molar-refractivity contribution in [1.29, 1.82) is 0 Å². The largest absolute Gasteiger partial charge is 0.493 e. The molecule has 2 rings (SSSR count). The Morgan fingerprint density at radius 1 is 1.44 bits per heavy atom. The van der Waals surface area contributed by atoms with Gasteiger partial charge in [0.05, 0.1) is 6.61 Å². The molecule has 2 nitrogen and oxygen atoms in total. The van der Waals surface area contributed by atoms with Gasteiger partial charge in [0, 0.05) is 18.8 Å². The summed E-state index contributed by atoms with van der Waals surface area (Å²) >= 11 is 5.68. The van der Waals surface area contributed by atoms with Gasteiger partial charge in [-0.05, 0) is 37.2 Å². The zero-order chi connectivity index (χ0) is 11.4. The molecule has 0 spiro atoms. The normalized spacial score (nSPS) is 13.9. The Morgan fingerprint density at radius 2 is 2.31 bits per heavy atom. The molecule has 0 fully saturated rings. The van der Waals surface area contributed by atoms with Gasteiger partial charge < -0.3 is 9.64 Å². The SMILES string of the molecule is CN(CCCCl)Cc1ccc2c(c1)CCO2. The van der Waals surface area contributed by atoms with Crippen LogP contribution in [0.1, 0.15) is 17.5 Å². The van der Waals surface area contributed by atoms with E-state index in [0.717, 1.165) is 44.2 Å². The van der Waals surface area contributed by atoms with Crippen LogP contribution >= 0.6 is 11.6 Å². The van der Waals surface area contributed by atoms with Crippen LogP contribution in [0.2, 0.25) is 0 Å². The summed E-state index contributed by atoms with van der Waals surface area (Å²) in [5.41, 5.74) is 2.71. The highest BCUT2D eigenvalue weighted by Crippen LogP contribution is 2.26. The lowest BCUT2D eigenvalue weighted by Gasteiger charge is -2.16. The van der Waals surface area contributed by atoms with Gasteiger partial charge in [-0.2, -0.15) is 0 Å². The van der Waals surface area contributed by atoms with Crippen molar-refractivity contribution in [2.75, 3.05) is 26.1 Å². The third-order valence-corrected chi connectivity index (χ3v) is 3.15. The van der Waals surface area contributed by atoms with E-state index in [2.05, 4.69) is 30.1 Å². The van der Waals surface area contributed by atoms with E-state index in [4.69, 9.17) is 16.3 Å². The van der Waals surface area contributed by atoms with E-state index in [0.29, 0.717) is 0 Å². The predicted molar refractivity (Wildman–Crippen MR) is 67.3 cm³/mol. The maximum absolute atomic E-state index is 5.68. The fraction of sp³-hybridized carbons (Fsp3) is 0.538. The quantitative estimate of drug-likeness (QED) is 0.733. The topological polar surface area (TPSA) is 12.5 Å². The summed E-state index contributed by atoms with van der Waals surface area (Å²) in [4.78, 5) is 2.31. The van der Waals surface area contributed by atoms with Gasteiger partial charge in [-0.3, -0.25) is 0 Å². The minimum Gasteiger partial charge on any atom is -0.493 e. The van der Waals surface area contributed by atoms with E-state index in [1.807, 2.05) is 0 Å². The van der Waals surface area contributed by atoms with Gasteiger partial charge in [0.15, 0.2) is 0 Å². The molecule has 0 bridgehead atoms. The Hall–Kier alpha value is -0.730. The van der Waals surface area contributed by atoms with Crippen molar-refractivity contribution in [1.82, 2.24) is 4.90 Å². The first-order valence-corrected chi connectivity index (χ1v) is 6.32. The molecule has 3 heteroatoms. The summed E-state index contributed by atoms with van der Waals surface area (Å²) in [6.07, 6.45) is 2.10. The number of halogens is 1. The number of fused-ring (bicyclic) bond motifs is 1. The zero-order valence-corrected chi connectivity index (χ0v) is 10.5. The molecule has 1 aromatic rings. The van der Waals surface area contributed by atoms with Crippen LogP contribution in [0.25, 0.3) is 0 Å². The minimum atomic E-state index is 0.738. The molecule has 0 amide bonds. The standard InChI is InChI=1S/C13H18ClNO/c1-15(7-2-6-14)10-11-3-4-13-12(9-11)5-8-16-13/h3-4,9H,2,5-8,10H2,1H3. The highest BCUT2D eigenvalue weighted by molar-refractivity contribution is 6.17. The molecule has 0 saturated heterocycles. The van der Waals surface area contributed by atoms with Gasteiger partial charge in [-0.15, -0.1) is 11.6 Å². The molecule has 0 atom stereocenters. The lowest BCUT2D eigenvalue weighted by molar-refractivity contribution is 0.328. The molecule has 0 aromatic heterocycles. The summed E-state index contributed by atoms with van der Waals surface area (Å²) in [6, 6.07) is 6.51. The van der Waals surface area contributed by atoms with E-state index in [9.17, 15) is 0 Å². The van der Waals surface area contributed by atoms with E-state index < -0.39 is 0 Å². The second-order valence-electron chi connectivity index (χ2n) is 4.32. The maximum atomic E-state index is 5.68. The highest BCUT2D eigenvalue weighted by Gasteiger charge is 2.12. The second kappa shape index (κ2) is 5.55. The molecule has 0 unspecified atom stereocenters. The van der Waals surface area contributed by atoms with Crippen molar-refractivity contribution in [3.63, 3.8) is 0 Å². The Labute approximate surface area is 102 Å². The number of ether oxygens (including phenoxy) is 1. The van der Waals surface area contributed by atoms with E-state index in [1.54, 1.807) is 0 Å². The summed E-state index contributed by atoms with van der Waals surface area (Å²) in [6.45, 7) is 2.88. The van der Waals surface area contributed by atoms with E-state index >= 15 is 0 Å². The van der Waals surface area contributed by atoms with Crippen molar-refractivity contribution in [3.05, 3.63) is 29.3 Å². The summed E-state index contributed by atoms with van der Waals surface area (Å²) in [5, 5.41) is 0. The number of alkyl halides is 1. The third-order valence-electron chi connectivity index (χ3n) is 2.88. The summed E-state index contributed by atoms with van der Waals surface area (Å²) in [7, 11) is 2.14. The molecule has 88 valence electrons. The van der Waals surface area contributed by atoms with Gasteiger partial charge in [0.25, 0.3) is 0 Å². The van der Waals surface area contributed by atoms with Crippen LogP contribution in [0.3, 0.4) is 0 Å². The highest BCUT2D eigenvalue weighted by atomic mass is 35.5. The Kier molecular flexibility index (Phi) is 4.08. The van der Waals surface area contributed by atoms with Crippen LogP contribution in [0.4, 0.5) is 0 Å². The van der Waals surface area contributed by atoms with Gasteiger partial charge >= 0.3 is 0 Å². The van der Waals surface area contributed by atoms with Gasteiger partial charge in [-0.25, -0.2) is 0 Å². The fourth-order valence-corrected chi connectivity index (χ4v) is 2.18. The van der Waals surface area contributed by atoms with Crippen LogP contribution in [-0.4, -0.2) is 31.0 Å². The number of hydrogen-bond donors (Lipinski definition) is 0. The Balaban J connectivity index is 1.94. The maximum Gasteiger partial charge on any atom is 0.122 e. The van der Waals surface area contributed by atoms with Crippen molar-refractivity contribution in [3.8, 4) is 5.75 Å². The summed E-state index contributed by atoms with van der Waals surface area (Å²) in [5.74, 6) is 1.80. The van der Waals surface area contributed by atoms with Crippen molar-refractivity contribution in [2.24, 2.45) is 0 Å². The third kappa shape index (κ3) is 2.89. The lowest BCUT2D eigenvalue weighted by Crippen LogP contribution is -2.19. The molecule has 1 aliphatic rings. The monoisotopic (exact) mass is 239 g/mol. The first-order chi connectivity index (χ1) is 7.79. The molecule has 0 aliphatic carbocycles. The van der Waals surface area contributed by atoms with Crippen molar-refractivity contribution in [2.45, 2.75) is 19.4 Å². The van der Waals surface area contributed by atoms with Crippen LogP contribution < -0.4 is 4.74 Å². The zero-order valence-electron chi connectivity index (χ0n) is 9.71. The average Bonchev–Trinajstić information content (AvgIpc) is 2.73.